The Bertz CT molecular complexity index is 121. The van der Waals surface area contributed by atoms with Gasteiger partial charge in [0.05, 0.1) is 6.10 Å². The molecule has 2 nitrogen and oxygen atoms in total. The maximum atomic E-state index is 5.48. The first-order valence-corrected chi connectivity index (χ1v) is 5.13. The van der Waals surface area contributed by atoms with Gasteiger partial charge in [-0.05, 0) is 33.1 Å². The van der Waals surface area contributed by atoms with Crippen molar-refractivity contribution in [2.24, 2.45) is 0 Å². The summed E-state index contributed by atoms with van der Waals surface area (Å²) in [6.07, 6.45) is 4.17. The lowest BCUT2D eigenvalue weighted by atomic mass is 9.88. The molecule has 0 aromatic heterocycles. The molecule has 0 amide bonds. The highest BCUT2D eigenvalue weighted by atomic mass is 16.5. The largest absolute Gasteiger partial charge is 0.378 e. The predicted octanol–water partition coefficient (Wildman–Crippen LogP) is 1.94. The highest BCUT2D eigenvalue weighted by molar-refractivity contribution is 4.87. The third-order valence-corrected chi connectivity index (χ3v) is 2.63. The molecule has 0 heterocycles. The fourth-order valence-corrected chi connectivity index (χ4v) is 1.59. The van der Waals surface area contributed by atoms with Crippen LogP contribution in [0.25, 0.3) is 0 Å². The molecule has 72 valence electrons. The van der Waals surface area contributed by atoms with Crippen LogP contribution in [0, 0.1) is 0 Å². The smallest absolute Gasteiger partial charge is 0.0604 e. The quantitative estimate of drug-likeness (QED) is 0.682. The van der Waals surface area contributed by atoms with Crippen LogP contribution in [0.1, 0.15) is 40.0 Å². The molecule has 1 rings (SSSR count). The van der Waals surface area contributed by atoms with Gasteiger partial charge in [0.2, 0.25) is 0 Å². The Morgan fingerprint density at radius 2 is 2.08 bits per heavy atom. The van der Waals surface area contributed by atoms with Crippen LogP contribution in [-0.2, 0) is 4.74 Å². The second kappa shape index (κ2) is 4.83. The van der Waals surface area contributed by atoms with Gasteiger partial charge in [-0.1, -0.05) is 6.92 Å². The van der Waals surface area contributed by atoms with E-state index in [4.69, 9.17) is 4.74 Å². The number of nitrogens with one attached hydrogen (secondary N) is 1. The Morgan fingerprint density at radius 1 is 1.42 bits per heavy atom. The zero-order valence-corrected chi connectivity index (χ0v) is 8.47. The van der Waals surface area contributed by atoms with Crippen LogP contribution < -0.4 is 5.32 Å². The normalized spacial score (nSPS) is 31.2. The van der Waals surface area contributed by atoms with Gasteiger partial charge in [-0.15, -0.1) is 0 Å². The van der Waals surface area contributed by atoms with Crippen LogP contribution in [0.4, 0.5) is 0 Å². The van der Waals surface area contributed by atoms with Gasteiger partial charge < -0.3 is 10.1 Å². The Balaban J connectivity index is 2.01. The fourth-order valence-electron chi connectivity index (χ4n) is 1.59. The van der Waals surface area contributed by atoms with E-state index in [1.807, 2.05) is 0 Å². The molecule has 1 aliphatic rings. The number of ether oxygens (including phenoxy) is 1. The molecule has 0 bridgehead atoms. The van der Waals surface area contributed by atoms with Gasteiger partial charge in [0.25, 0.3) is 0 Å². The standard InChI is InChI=1S/C10H21NO/c1-4-8(3)11-9-6-10(7-9)12-5-2/h8-11H,4-7H2,1-3H3. The van der Waals surface area contributed by atoms with Crippen LogP contribution >= 0.6 is 0 Å². The summed E-state index contributed by atoms with van der Waals surface area (Å²) in [6.45, 7) is 7.39. The van der Waals surface area contributed by atoms with Crippen LogP contribution in [0.3, 0.4) is 0 Å². The van der Waals surface area contributed by atoms with Gasteiger partial charge in [0, 0.05) is 18.7 Å². The summed E-state index contributed by atoms with van der Waals surface area (Å²) in [5.41, 5.74) is 0. The average molecular weight is 171 g/mol. The zero-order valence-electron chi connectivity index (χ0n) is 8.47. The molecule has 1 N–H and O–H groups in total. The second-order valence-corrected chi connectivity index (χ2v) is 3.72. The summed E-state index contributed by atoms with van der Waals surface area (Å²) in [4.78, 5) is 0. The minimum Gasteiger partial charge on any atom is -0.378 e. The van der Waals surface area contributed by atoms with E-state index in [-0.39, 0.29) is 0 Å². The average Bonchev–Trinajstić information content (AvgIpc) is 2.00. The Morgan fingerprint density at radius 3 is 2.58 bits per heavy atom. The summed E-state index contributed by atoms with van der Waals surface area (Å²) in [6, 6.07) is 1.38. The van der Waals surface area contributed by atoms with Crippen molar-refractivity contribution in [3.05, 3.63) is 0 Å². The molecular formula is C10H21NO. The predicted molar refractivity (Wildman–Crippen MR) is 51.3 cm³/mol. The first-order chi connectivity index (χ1) is 5.76. The van der Waals surface area contributed by atoms with E-state index in [0.29, 0.717) is 12.1 Å². The molecule has 0 radical (unpaired) electrons. The Labute approximate surface area is 75.7 Å². The maximum Gasteiger partial charge on any atom is 0.0604 e. The van der Waals surface area contributed by atoms with Crippen molar-refractivity contribution in [2.45, 2.75) is 58.2 Å². The van der Waals surface area contributed by atoms with E-state index < -0.39 is 0 Å². The highest BCUT2D eigenvalue weighted by Crippen LogP contribution is 2.23. The van der Waals surface area contributed by atoms with Crippen LogP contribution in [0.2, 0.25) is 0 Å². The summed E-state index contributed by atoms with van der Waals surface area (Å²) < 4.78 is 5.48. The number of hydrogen-bond donors (Lipinski definition) is 1. The van der Waals surface area contributed by atoms with Crippen LogP contribution in [0.15, 0.2) is 0 Å². The minimum atomic E-state index is 0.538. The number of rotatable bonds is 5. The van der Waals surface area contributed by atoms with Crippen molar-refractivity contribution in [1.29, 1.82) is 0 Å². The van der Waals surface area contributed by atoms with E-state index >= 15 is 0 Å². The van der Waals surface area contributed by atoms with E-state index in [1.54, 1.807) is 0 Å². The van der Waals surface area contributed by atoms with Gasteiger partial charge in [-0.25, -0.2) is 0 Å². The molecular weight excluding hydrogens is 150 g/mol. The van der Waals surface area contributed by atoms with Crippen LogP contribution in [0.5, 0.6) is 0 Å². The summed E-state index contributed by atoms with van der Waals surface area (Å²) in [5.74, 6) is 0. The first-order valence-electron chi connectivity index (χ1n) is 5.13. The fraction of sp³-hybridized carbons (Fsp3) is 1.00. The van der Waals surface area contributed by atoms with Gasteiger partial charge in [0.1, 0.15) is 0 Å². The molecule has 1 atom stereocenters. The summed E-state index contributed by atoms with van der Waals surface area (Å²) in [5, 5.41) is 3.57. The molecule has 0 aliphatic heterocycles. The molecule has 0 saturated heterocycles. The molecule has 12 heavy (non-hydrogen) atoms. The Kier molecular flexibility index (Phi) is 4.02. The number of hydrogen-bond acceptors (Lipinski definition) is 2. The lowest BCUT2D eigenvalue weighted by Gasteiger charge is -2.37. The zero-order chi connectivity index (χ0) is 8.97. The third-order valence-electron chi connectivity index (χ3n) is 2.63. The van der Waals surface area contributed by atoms with Crippen molar-refractivity contribution >= 4 is 0 Å². The topological polar surface area (TPSA) is 21.3 Å². The monoisotopic (exact) mass is 171 g/mol. The van der Waals surface area contributed by atoms with Crippen molar-refractivity contribution in [1.82, 2.24) is 5.32 Å². The van der Waals surface area contributed by atoms with E-state index in [2.05, 4.69) is 26.1 Å². The van der Waals surface area contributed by atoms with E-state index in [9.17, 15) is 0 Å². The van der Waals surface area contributed by atoms with Crippen molar-refractivity contribution in [2.75, 3.05) is 6.61 Å². The molecule has 0 spiro atoms. The molecule has 1 fully saturated rings. The third kappa shape index (κ3) is 2.76. The lowest BCUT2D eigenvalue weighted by Crippen LogP contribution is -2.48. The van der Waals surface area contributed by atoms with E-state index in [1.165, 1.54) is 19.3 Å². The molecule has 1 saturated carbocycles. The minimum absolute atomic E-state index is 0.538. The second-order valence-electron chi connectivity index (χ2n) is 3.72. The summed E-state index contributed by atoms with van der Waals surface area (Å²) >= 11 is 0. The highest BCUT2D eigenvalue weighted by Gasteiger charge is 2.29. The molecule has 0 aromatic rings. The molecule has 2 heteroatoms. The van der Waals surface area contributed by atoms with Gasteiger partial charge >= 0.3 is 0 Å². The van der Waals surface area contributed by atoms with Gasteiger partial charge in [-0.2, -0.15) is 0 Å². The van der Waals surface area contributed by atoms with Crippen molar-refractivity contribution in [3.63, 3.8) is 0 Å². The van der Waals surface area contributed by atoms with Gasteiger partial charge in [-0.3, -0.25) is 0 Å². The molecule has 1 unspecified atom stereocenters. The lowest BCUT2D eigenvalue weighted by molar-refractivity contribution is -0.0120. The van der Waals surface area contributed by atoms with E-state index in [0.717, 1.165) is 12.6 Å². The SMILES string of the molecule is CCOC1CC(NC(C)CC)C1. The molecule has 0 aromatic carbocycles. The Hall–Kier alpha value is -0.0800. The van der Waals surface area contributed by atoms with Crippen molar-refractivity contribution in [3.8, 4) is 0 Å². The van der Waals surface area contributed by atoms with Gasteiger partial charge in [0.15, 0.2) is 0 Å². The maximum absolute atomic E-state index is 5.48. The first kappa shape index (κ1) is 10.0. The molecule has 1 aliphatic carbocycles. The summed E-state index contributed by atoms with van der Waals surface area (Å²) in [7, 11) is 0. The van der Waals surface area contributed by atoms with Crippen LogP contribution in [-0.4, -0.2) is 24.8 Å². The van der Waals surface area contributed by atoms with Crippen molar-refractivity contribution < 1.29 is 4.74 Å².